The SMILES string of the molecule is CC(=O)N1CCCN(Cc2ccc(F)cc2)CCN(C(=O)CCCCN)Cc2ccccc21. The van der Waals surface area contributed by atoms with Crippen molar-refractivity contribution in [1.82, 2.24) is 9.80 Å². The minimum Gasteiger partial charge on any atom is -0.337 e. The van der Waals surface area contributed by atoms with Crippen LogP contribution in [-0.4, -0.2) is 54.3 Å². The molecule has 0 fully saturated rings. The van der Waals surface area contributed by atoms with Crippen LogP contribution < -0.4 is 10.6 Å². The van der Waals surface area contributed by atoms with E-state index in [1.54, 1.807) is 19.1 Å². The maximum Gasteiger partial charge on any atom is 0.223 e. The Bertz CT molecular complexity index is 919. The summed E-state index contributed by atoms with van der Waals surface area (Å²) < 4.78 is 13.3. The number of rotatable bonds is 6. The van der Waals surface area contributed by atoms with Gasteiger partial charge in [-0.25, -0.2) is 4.39 Å². The van der Waals surface area contributed by atoms with Crippen LogP contribution in [0, 0.1) is 5.82 Å². The van der Waals surface area contributed by atoms with Gasteiger partial charge in [0.2, 0.25) is 11.8 Å². The second kappa shape index (κ2) is 12.5. The smallest absolute Gasteiger partial charge is 0.223 e. The third-order valence-electron chi connectivity index (χ3n) is 6.08. The molecule has 178 valence electrons. The number of hydrogen-bond acceptors (Lipinski definition) is 4. The third kappa shape index (κ3) is 7.37. The van der Waals surface area contributed by atoms with Gasteiger partial charge in [-0.05, 0) is 55.1 Å². The first-order valence-electron chi connectivity index (χ1n) is 11.8. The molecule has 1 aliphatic heterocycles. The summed E-state index contributed by atoms with van der Waals surface area (Å²) in [6, 6.07) is 14.4. The third-order valence-corrected chi connectivity index (χ3v) is 6.08. The standard InChI is InChI=1S/C26H35FN4O2/c1-21(32)31-16-6-15-29(19-22-10-12-24(27)13-11-22)17-18-30(26(33)9-4-5-14-28)20-23-7-2-3-8-25(23)31/h2-3,7-8,10-13H,4-6,9,14-20,28H2,1H3. The molecule has 2 aromatic rings. The Morgan fingerprint density at radius 1 is 0.970 bits per heavy atom. The molecule has 0 atom stereocenters. The summed E-state index contributed by atoms with van der Waals surface area (Å²) in [7, 11) is 0. The van der Waals surface area contributed by atoms with Crippen molar-refractivity contribution < 1.29 is 14.0 Å². The van der Waals surface area contributed by atoms with Gasteiger partial charge in [0.25, 0.3) is 0 Å². The molecule has 0 aromatic heterocycles. The van der Waals surface area contributed by atoms with Crippen LogP contribution in [0.2, 0.25) is 0 Å². The number of hydrogen-bond donors (Lipinski definition) is 1. The minimum absolute atomic E-state index is 0.00685. The molecule has 0 unspecified atom stereocenters. The molecule has 7 heteroatoms. The van der Waals surface area contributed by atoms with Crippen molar-refractivity contribution in [3.05, 3.63) is 65.5 Å². The van der Waals surface area contributed by atoms with Crippen molar-refractivity contribution >= 4 is 17.5 Å². The van der Waals surface area contributed by atoms with E-state index in [-0.39, 0.29) is 17.6 Å². The van der Waals surface area contributed by atoms with E-state index in [1.807, 2.05) is 34.1 Å². The van der Waals surface area contributed by atoms with E-state index < -0.39 is 0 Å². The van der Waals surface area contributed by atoms with E-state index in [9.17, 15) is 14.0 Å². The number of fused-ring (bicyclic) bond motifs is 1. The van der Waals surface area contributed by atoms with Crippen LogP contribution in [0.25, 0.3) is 0 Å². The van der Waals surface area contributed by atoms with Crippen molar-refractivity contribution in [2.24, 2.45) is 5.73 Å². The van der Waals surface area contributed by atoms with Gasteiger partial charge < -0.3 is 15.5 Å². The van der Waals surface area contributed by atoms with E-state index in [4.69, 9.17) is 5.73 Å². The van der Waals surface area contributed by atoms with Crippen molar-refractivity contribution in [3.8, 4) is 0 Å². The molecule has 2 N–H and O–H groups in total. The second-order valence-corrected chi connectivity index (χ2v) is 8.62. The van der Waals surface area contributed by atoms with Crippen molar-refractivity contribution in [2.45, 2.75) is 45.7 Å². The summed E-state index contributed by atoms with van der Waals surface area (Å²) >= 11 is 0. The first-order chi connectivity index (χ1) is 16.0. The van der Waals surface area contributed by atoms with Gasteiger partial charge in [0.15, 0.2) is 0 Å². The number of nitrogens with two attached hydrogens (primary N) is 1. The molecule has 0 aliphatic carbocycles. The zero-order valence-corrected chi connectivity index (χ0v) is 19.5. The van der Waals surface area contributed by atoms with Gasteiger partial charge in [-0.3, -0.25) is 14.5 Å². The summed E-state index contributed by atoms with van der Waals surface area (Å²) in [6.45, 7) is 5.99. The van der Waals surface area contributed by atoms with Gasteiger partial charge in [-0.2, -0.15) is 0 Å². The van der Waals surface area contributed by atoms with Gasteiger partial charge in [0.1, 0.15) is 5.82 Å². The molecule has 0 saturated heterocycles. The molecule has 33 heavy (non-hydrogen) atoms. The highest BCUT2D eigenvalue weighted by molar-refractivity contribution is 5.92. The Balaban J connectivity index is 1.84. The fourth-order valence-corrected chi connectivity index (χ4v) is 4.26. The lowest BCUT2D eigenvalue weighted by Gasteiger charge is -2.28. The number of nitrogens with zero attached hydrogens (tertiary/aromatic N) is 3. The Morgan fingerprint density at radius 2 is 1.73 bits per heavy atom. The molecular weight excluding hydrogens is 419 g/mol. The van der Waals surface area contributed by atoms with E-state index >= 15 is 0 Å². The lowest BCUT2D eigenvalue weighted by atomic mass is 10.1. The first kappa shape index (κ1) is 24.9. The Morgan fingerprint density at radius 3 is 2.45 bits per heavy atom. The lowest BCUT2D eigenvalue weighted by molar-refractivity contribution is -0.132. The molecule has 0 saturated carbocycles. The van der Waals surface area contributed by atoms with Crippen LogP contribution in [0.5, 0.6) is 0 Å². The average Bonchev–Trinajstić information content (AvgIpc) is 2.83. The Kier molecular flexibility index (Phi) is 9.39. The number of carbonyl (C=O) groups excluding carboxylic acids is 2. The molecule has 3 rings (SSSR count). The maximum atomic E-state index is 13.3. The average molecular weight is 455 g/mol. The highest BCUT2D eigenvalue weighted by Crippen LogP contribution is 2.24. The van der Waals surface area contributed by atoms with Gasteiger partial charge in [0.05, 0.1) is 0 Å². The summed E-state index contributed by atoms with van der Waals surface area (Å²) in [6.07, 6.45) is 2.87. The summed E-state index contributed by atoms with van der Waals surface area (Å²) in [5, 5.41) is 0. The van der Waals surface area contributed by atoms with E-state index in [2.05, 4.69) is 4.90 Å². The highest BCUT2D eigenvalue weighted by atomic mass is 19.1. The lowest BCUT2D eigenvalue weighted by Crippen LogP contribution is -2.38. The molecule has 0 bridgehead atoms. The quantitative estimate of drug-likeness (QED) is 0.678. The topological polar surface area (TPSA) is 69.9 Å². The molecule has 0 spiro atoms. The Labute approximate surface area is 196 Å². The number of unbranched alkanes of at least 4 members (excludes halogenated alkanes) is 1. The van der Waals surface area contributed by atoms with Crippen LogP contribution in [0.15, 0.2) is 48.5 Å². The van der Waals surface area contributed by atoms with Crippen LogP contribution in [0.3, 0.4) is 0 Å². The number of carbonyl (C=O) groups is 2. The van der Waals surface area contributed by atoms with Gasteiger partial charge in [0, 0.05) is 58.3 Å². The number of benzene rings is 2. The van der Waals surface area contributed by atoms with Crippen molar-refractivity contribution in [1.29, 1.82) is 0 Å². The molecule has 2 amide bonds. The van der Waals surface area contributed by atoms with Crippen LogP contribution in [0.4, 0.5) is 10.1 Å². The summed E-state index contributed by atoms with van der Waals surface area (Å²) in [5.74, 6) is -0.151. The maximum absolute atomic E-state index is 13.3. The monoisotopic (exact) mass is 454 g/mol. The fraction of sp³-hybridized carbons (Fsp3) is 0.462. The largest absolute Gasteiger partial charge is 0.337 e. The molecule has 1 heterocycles. The molecular formula is C26H35FN4O2. The van der Waals surface area contributed by atoms with Crippen LogP contribution >= 0.6 is 0 Å². The van der Waals surface area contributed by atoms with Gasteiger partial charge in [-0.15, -0.1) is 0 Å². The highest BCUT2D eigenvalue weighted by Gasteiger charge is 2.22. The number of anilines is 1. The molecule has 1 aliphatic rings. The molecule has 2 aromatic carbocycles. The van der Waals surface area contributed by atoms with E-state index in [1.165, 1.54) is 12.1 Å². The Hall–Kier alpha value is -2.77. The minimum atomic E-state index is -0.250. The summed E-state index contributed by atoms with van der Waals surface area (Å²) in [5.41, 5.74) is 8.49. The van der Waals surface area contributed by atoms with Crippen molar-refractivity contribution in [2.75, 3.05) is 37.6 Å². The number of halogens is 1. The predicted molar refractivity (Wildman–Crippen MR) is 129 cm³/mol. The second-order valence-electron chi connectivity index (χ2n) is 8.62. The van der Waals surface area contributed by atoms with Crippen LogP contribution in [0.1, 0.15) is 43.7 Å². The first-order valence-corrected chi connectivity index (χ1v) is 11.8. The van der Waals surface area contributed by atoms with Gasteiger partial charge >= 0.3 is 0 Å². The number of amides is 2. The van der Waals surface area contributed by atoms with E-state index in [0.717, 1.165) is 42.6 Å². The van der Waals surface area contributed by atoms with Crippen molar-refractivity contribution in [3.63, 3.8) is 0 Å². The van der Waals surface area contributed by atoms with Gasteiger partial charge in [-0.1, -0.05) is 30.3 Å². The normalized spacial score (nSPS) is 15.6. The number of para-hydroxylation sites is 1. The predicted octanol–water partition coefficient (Wildman–Crippen LogP) is 3.54. The zero-order chi connectivity index (χ0) is 23.6. The molecule has 6 nitrogen and oxygen atoms in total. The van der Waals surface area contributed by atoms with E-state index in [0.29, 0.717) is 45.7 Å². The van der Waals surface area contributed by atoms with Crippen LogP contribution in [-0.2, 0) is 22.7 Å². The fourth-order valence-electron chi connectivity index (χ4n) is 4.26. The molecule has 0 radical (unpaired) electrons. The zero-order valence-electron chi connectivity index (χ0n) is 19.5. The summed E-state index contributed by atoms with van der Waals surface area (Å²) in [4.78, 5) is 31.6.